The molecule has 0 aliphatic heterocycles. The van der Waals surface area contributed by atoms with E-state index in [0.717, 1.165) is 16.8 Å². The van der Waals surface area contributed by atoms with Crippen LogP contribution < -0.4 is 14.9 Å². The highest BCUT2D eigenvalue weighted by molar-refractivity contribution is 5.93. The van der Waals surface area contributed by atoms with E-state index in [2.05, 4.69) is 30.5 Å². The lowest BCUT2D eigenvalue weighted by atomic mass is 10.2. The highest BCUT2D eigenvalue weighted by Crippen LogP contribution is 2.18. The van der Waals surface area contributed by atoms with Crippen molar-refractivity contribution in [3.8, 4) is 22.9 Å². The summed E-state index contributed by atoms with van der Waals surface area (Å²) in [6.07, 6.45) is 7.66. The standard InChI is InChI=1S/C20H20N6O3/c1-4-29-19-6-5-14(8-23-19)17-11-21-12-18(25-17)20(27)26-24-9-15-7-16(28-3)10-22-13(15)2/h5-12H,4H2,1-3H3,(H,26,27)/b24-9+. The second-order valence-corrected chi connectivity index (χ2v) is 5.86. The smallest absolute Gasteiger partial charge is 0.291 e. The average molecular weight is 392 g/mol. The summed E-state index contributed by atoms with van der Waals surface area (Å²) in [5.74, 6) is 0.642. The van der Waals surface area contributed by atoms with Crippen molar-refractivity contribution in [3.05, 3.63) is 59.9 Å². The average Bonchev–Trinajstić information content (AvgIpc) is 2.76. The maximum Gasteiger partial charge on any atom is 0.291 e. The van der Waals surface area contributed by atoms with E-state index < -0.39 is 5.91 Å². The quantitative estimate of drug-likeness (QED) is 0.485. The van der Waals surface area contributed by atoms with Crippen molar-refractivity contribution in [1.82, 2.24) is 25.4 Å². The van der Waals surface area contributed by atoms with Gasteiger partial charge in [0.05, 0.1) is 44.2 Å². The Hall–Kier alpha value is -3.88. The van der Waals surface area contributed by atoms with Gasteiger partial charge in [0.1, 0.15) is 11.4 Å². The Morgan fingerprint density at radius 3 is 2.79 bits per heavy atom. The molecule has 3 heterocycles. The van der Waals surface area contributed by atoms with Gasteiger partial charge in [-0.1, -0.05) is 0 Å². The maximum absolute atomic E-state index is 12.4. The molecule has 0 aliphatic carbocycles. The van der Waals surface area contributed by atoms with Gasteiger partial charge in [-0.05, 0) is 26.0 Å². The molecule has 9 nitrogen and oxygen atoms in total. The van der Waals surface area contributed by atoms with Gasteiger partial charge in [0.2, 0.25) is 5.88 Å². The Bertz CT molecular complexity index is 1020. The first-order valence-electron chi connectivity index (χ1n) is 8.86. The molecule has 29 heavy (non-hydrogen) atoms. The highest BCUT2D eigenvalue weighted by atomic mass is 16.5. The maximum atomic E-state index is 12.4. The minimum Gasteiger partial charge on any atom is -0.495 e. The summed E-state index contributed by atoms with van der Waals surface area (Å²) in [6, 6.07) is 5.32. The van der Waals surface area contributed by atoms with E-state index in [9.17, 15) is 4.79 Å². The Balaban J connectivity index is 1.71. The first kappa shape index (κ1) is 19.9. The molecular formula is C20H20N6O3. The molecule has 0 saturated heterocycles. The Morgan fingerprint density at radius 1 is 1.21 bits per heavy atom. The zero-order valence-electron chi connectivity index (χ0n) is 16.3. The van der Waals surface area contributed by atoms with Crippen LogP contribution in [0.5, 0.6) is 11.6 Å². The zero-order chi connectivity index (χ0) is 20.6. The summed E-state index contributed by atoms with van der Waals surface area (Å²) in [7, 11) is 1.56. The molecule has 0 fully saturated rings. The fourth-order valence-electron chi connectivity index (χ4n) is 2.37. The Labute approximate surface area is 167 Å². The van der Waals surface area contributed by atoms with Crippen LogP contribution in [0.15, 0.2) is 48.1 Å². The molecule has 0 radical (unpaired) electrons. The topological polar surface area (TPSA) is 111 Å². The van der Waals surface area contributed by atoms with E-state index in [1.807, 2.05) is 13.8 Å². The van der Waals surface area contributed by atoms with Crippen LogP contribution in [0, 0.1) is 6.92 Å². The molecule has 9 heteroatoms. The number of pyridine rings is 2. The number of nitrogens with one attached hydrogen (secondary N) is 1. The molecule has 148 valence electrons. The SMILES string of the molecule is CCOc1ccc(-c2cncc(C(=O)N/N=C/c3cc(OC)cnc3C)n2)cn1. The van der Waals surface area contributed by atoms with Gasteiger partial charge >= 0.3 is 0 Å². The summed E-state index contributed by atoms with van der Waals surface area (Å²) in [5, 5.41) is 3.97. The molecule has 0 atom stereocenters. The second-order valence-electron chi connectivity index (χ2n) is 5.86. The summed E-state index contributed by atoms with van der Waals surface area (Å²) in [4.78, 5) is 29.2. The van der Waals surface area contributed by atoms with Crippen molar-refractivity contribution in [2.75, 3.05) is 13.7 Å². The Kier molecular flexibility index (Phi) is 6.41. The van der Waals surface area contributed by atoms with Crippen LogP contribution in [0.1, 0.15) is 28.7 Å². The number of rotatable bonds is 7. The molecule has 0 aromatic carbocycles. The number of carbonyl (C=O) groups excluding carboxylic acids is 1. The third-order valence-corrected chi connectivity index (χ3v) is 3.90. The van der Waals surface area contributed by atoms with Crippen molar-refractivity contribution in [3.63, 3.8) is 0 Å². The highest BCUT2D eigenvalue weighted by Gasteiger charge is 2.10. The lowest BCUT2D eigenvalue weighted by Crippen LogP contribution is -2.19. The molecule has 1 amide bonds. The molecular weight excluding hydrogens is 372 g/mol. The fourth-order valence-corrected chi connectivity index (χ4v) is 2.37. The van der Waals surface area contributed by atoms with Crippen LogP contribution in [-0.2, 0) is 0 Å². The van der Waals surface area contributed by atoms with Gasteiger partial charge in [-0.3, -0.25) is 14.8 Å². The number of hydrazone groups is 1. The molecule has 3 rings (SSSR count). The summed E-state index contributed by atoms with van der Waals surface area (Å²) < 4.78 is 10.5. The number of nitrogens with zero attached hydrogens (tertiary/aromatic N) is 5. The third-order valence-electron chi connectivity index (χ3n) is 3.90. The number of ether oxygens (including phenoxy) is 2. The molecule has 0 unspecified atom stereocenters. The summed E-state index contributed by atoms with van der Waals surface area (Å²) in [5.41, 5.74) is 5.30. The second kappa shape index (κ2) is 9.36. The van der Waals surface area contributed by atoms with E-state index in [-0.39, 0.29) is 5.69 Å². The van der Waals surface area contributed by atoms with Crippen LogP contribution in [0.3, 0.4) is 0 Å². The minimum absolute atomic E-state index is 0.133. The number of amides is 1. The number of aryl methyl sites for hydroxylation is 1. The molecule has 1 N–H and O–H groups in total. The summed E-state index contributed by atoms with van der Waals surface area (Å²) >= 11 is 0. The van der Waals surface area contributed by atoms with Gasteiger partial charge in [0.25, 0.3) is 5.91 Å². The number of aromatic nitrogens is 4. The third kappa shape index (κ3) is 5.10. The zero-order valence-corrected chi connectivity index (χ0v) is 16.3. The van der Waals surface area contributed by atoms with Gasteiger partial charge in [-0.2, -0.15) is 5.10 Å². The van der Waals surface area contributed by atoms with E-state index in [4.69, 9.17) is 9.47 Å². The first-order valence-corrected chi connectivity index (χ1v) is 8.86. The van der Waals surface area contributed by atoms with Crippen molar-refractivity contribution in [2.24, 2.45) is 5.10 Å². The van der Waals surface area contributed by atoms with Crippen LogP contribution >= 0.6 is 0 Å². The first-order chi connectivity index (χ1) is 14.1. The van der Waals surface area contributed by atoms with E-state index in [0.29, 0.717) is 23.9 Å². The number of hydrogen-bond acceptors (Lipinski definition) is 8. The van der Waals surface area contributed by atoms with Crippen molar-refractivity contribution in [2.45, 2.75) is 13.8 Å². The van der Waals surface area contributed by atoms with Crippen molar-refractivity contribution < 1.29 is 14.3 Å². The molecule has 0 saturated carbocycles. The molecule has 0 aliphatic rings. The van der Waals surface area contributed by atoms with Crippen LogP contribution in [0.4, 0.5) is 0 Å². The van der Waals surface area contributed by atoms with Crippen LogP contribution in [0.2, 0.25) is 0 Å². The van der Waals surface area contributed by atoms with Crippen molar-refractivity contribution >= 4 is 12.1 Å². The van der Waals surface area contributed by atoms with Gasteiger partial charge in [-0.15, -0.1) is 0 Å². The number of hydrogen-bond donors (Lipinski definition) is 1. The van der Waals surface area contributed by atoms with Gasteiger partial charge < -0.3 is 9.47 Å². The van der Waals surface area contributed by atoms with Gasteiger partial charge in [0, 0.05) is 29.1 Å². The Morgan fingerprint density at radius 2 is 2.07 bits per heavy atom. The molecule has 0 spiro atoms. The number of methoxy groups -OCH3 is 1. The van der Waals surface area contributed by atoms with Crippen molar-refractivity contribution in [1.29, 1.82) is 0 Å². The minimum atomic E-state index is -0.483. The predicted octanol–water partition coefficient (Wildman–Crippen LogP) is 2.41. The normalized spacial score (nSPS) is 10.7. The molecule has 3 aromatic heterocycles. The van der Waals surface area contributed by atoms with Gasteiger partial charge in [-0.25, -0.2) is 15.4 Å². The summed E-state index contributed by atoms with van der Waals surface area (Å²) in [6.45, 7) is 4.26. The predicted molar refractivity (Wildman–Crippen MR) is 107 cm³/mol. The van der Waals surface area contributed by atoms with E-state index in [1.165, 1.54) is 12.4 Å². The largest absolute Gasteiger partial charge is 0.495 e. The molecule has 0 bridgehead atoms. The van der Waals surface area contributed by atoms with Crippen LogP contribution in [-0.4, -0.2) is 45.8 Å². The lowest BCUT2D eigenvalue weighted by Gasteiger charge is -2.05. The number of carbonyl (C=O) groups is 1. The van der Waals surface area contributed by atoms with E-state index >= 15 is 0 Å². The fraction of sp³-hybridized carbons (Fsp3) is 0.200. The molecule has 3 aromatic rings. The van der Waals surface area contributed by atoms with Crippen LogP contribution in [0.25, 0.3) is 11.3 Å². The van der Waals surface area contributed by atoms with Gasteiger partial charge in [0.15, 0.2) is 0 Å². The monoisotopic (exact) mass is 392 g/mol. The lowest BCUT2D eigenvalue weighted by molar-refractivity contribution is 0.0950. The van der Waals surface area contributed by atoms with E-state index in [1.54, 1.807) is 43.9 Å².